The lowest BCUT2D eigenvalue weighted by atomic mass is 9.17. The van der Waals surface area contributed by atoms with Crippen LogP contribution in [0.15, 0.2) is 121 Å². The van der Waals surface area contributed by atoms with Gasteiger partial charge in [0.05, 0.1) is 47.1 Å². The highest BCUT2D eigenvalue weighted by atomic mass is 14.5. The number of benzene rings is 12. The van der Waals surface area contributed by atoms with Crippen molar-refractivity contribution in [2.45, 2.75) is 15.6 Å². The summed E-state index contributed by atoms with van der Waals surface area (Å²) in [5.41, 5.74) is 32.9. The molecule has 0 aromatic heterocycles. The van der Waals surface area contributed by atoms with Gasteiger partial charge in [-0.3, -0.25) is 0 Å². The van der Waals surface area contributed by atoms with Crippen LogP contribution >= 0.6 is 0 Å². The van der Waals surface area contributed by atoms with Gasteiger partial charge in [-0.1, -0.05) is 158 Å². The Balaban J connectivity index is 1.26. The van der Waals surface area contributed by atoms with E-state index in [1.807, 2.05) is 0 Å². The standard InChI is InChI=1S/C59H56B18/c60-45-39(46(61)49(64)41-42-44(51(66)55(70)54(69)50(42)65)57(43(41)45,58(72,73)74)59(75,76)77)33-20-34(40-47(62)52(67)56(71)53(68)48(40)63)32(28-16-12-26-10-8-22-4-2-6-24-14-18-30(28)38(26)36(22)24)19-31(33)27-15-11-25-9-7-21-3-1-5-23-13-17-29(27)37(25)35(21)23/h1-20H,60-77H2. The molecule has 13 rings (SSSR count). The predicted octanol–water partition coefficient (Wildman–Crippen LogP) is -10.5. The Bertz CT molecular complexity index is 4550. The zero-order valence-electron chi connectivity index (χ0n) is 49.0. The molecule has 77 heavy (non-hydrogen) atoms. The maximum Gasteiger partial charge on any atom is 0.140 e. The first kappa shape index (κ1) is 50.4. The summed E-state index contributed by atoms with van der Waals surface area (Å²) in [6, 6.07) is 47.5. The third-order valence-electron chi connectivity index (χ3n) is 20.6. The molecule has 1 aliphatic rings. The van der Waals surface area contributed by atoms with E-state index < -0.39 is 0 Å². The van der Waals surface area contributed by atoms with Crippen molar-refractivity contribution in [2.75, 3.05) is 0 Å². The zero-order chi connectivity index (χ0) is 54.4. The molecule has 0 nitrogen and oxygen atoms in total. The van der Waals surface area contributed by atoms with E-state index in [9.17, 15) is 0 Å². The molecule has 0 bridgehead atoms. The lowest BCUT2D eigenvalue weighted by Crippen LogP contribution is -2.59. The largest absolute Gasteiger partial charge is 0.140 e. The van der Waals surface area contributed by atoms with Gasteiger partial charge in [-0.25, -0.2) is 0 Å². The van der Waals surface area contributed by atoms with E-state index in [4.69, 9.17) is 0 Å². The van der Waals surface area contributed by atoms with Crippen LogP contribution in [-0.4, -0.2) is 141 Å². The summed E-state index contributed by atoms with van der Waals surface area (Å²) in [6.45, 7) is 0. The Hall–Kier alpha value is -6.11. The van der Waals surface area contributed by atoms with Crippen LogP contribution in [0.2, 0.25) is 10.2 Å². The highest BCUT2D eigenvalue weighted by molar-refractivity contribution is 6.71. The van der Waals surface area contributed by atoms with Crippen LogP contribution in [0.5, 0.6) is 0 Å². The number of hydrogen-bond donors (Lipinski definition) is 0. The van der Waals surface area contributed by atoms with Crippen molar-refractivity contribution in [3.05, 3.63) is 132 Å². The summed E-state index contributed by atoms with van der Waals surface area (Å²) in [4.78, 5) is 0. The molecule has 0 saturated carbocycles. The normalized spacial score (nSPS) is 13.5. The van der Waals surface area contributed by atoms with Gasteiger partial charge in [0, 0.05) is 0 Å². The minimum Gasteiger partial charge on any atom is -0.102 e. The van der Waals surface area contributed by atoms with E-state index in [1.165, 1.54) is 191 Å². The Kier molecular flexibility index (Phi) is 11.1. The average Bonchev–Trinajstić information content (AvgIpc) is 4.04. The summed E-state index contributed by atoms with van der Waals surface area (Å²) in [6.07, 6.45) is 0. The molecule has 0 amide bonds. The molecule has 0 N–H and O–H groups in total. The van der Waals surface area contributed by atoms with Gasteiger partial charge in [-0.2, -0.15) is 0 Å². The molecule has 12 aromatic carbocycles. The Morgan fingerprint density at radius 2 is 0.532 bits per heavy atom. The van der Waals surface area contributed by atoms with Crippen LogP contribution in [0.25, 0.3) is 120 Å². The fraction of sp³-hybridized carbons (Fsp3) is 0.0508. The van der Waals surface area contributed by atoms with Crippen molar-refractivity contribution < 1.29 is 0 Å². The summed E-state index contributed by atoms with van der Waals surface area (Å²) >= 11 is 0. The van der Waals surface area contributed by atoms with Gasteiger partial charge in [-0.05, 0) is 149 Å². The molecule has 0 saturated heterocycles. The minimum absolute atomic E-state index is 0.141. The van der Waals surface area contributed by atoms with Crippen LogP contribution in [0, 0.1) is 0 Å². The molecule has 0 fully saturated rings. The summed E-state index contributed by atoms with van der Waals surface area (Å²) in [5.74, 6) is 0. The Morgan fingerprint density at radius 3 is 0.948 bits per heavy atom. The van der Waals surface area contributed by atoms with Gasteiger partial charge in [-0.15, -0.1) is 27.3 Å². The Morgan fingerprint density at radius 1 is 0.247 bits per heavy atom. The van der Waals surface area contributed by atoms with Gasteiger partial charge in [0.25, 0.3) is 0 Å². The molecule has 0 atom stereocenters. The molecular formula is C59H56B18. The minimum atomic E-state index is -0.314. The monoisotopic (exact) mass is 963 g/mol. The van der Waals surface area contributed by atoms with Crippen molar-refractivity contribution in [2.24, 2.45) is 0 Å². The molecular weight excluding hydrogens is 903 g/mol. The smallest absolute Gasteiger partial charge is 0.102 e. The van der Waals surface area contributed by atoms with Gasteiger partial charge >= 0.3 is 0 Å². The molecule has 12 aromatic rings. The molecule has 0 heterocycles. The second-order valence-electron chi connectivity index (χ2n) is 25.9. The second kappa shape index (κ2) is 16.9. The lowest BCUT2D eigenvalue weighted by molar-refractivity contribution is 0.540. The fourth-order valence-electron chi connectivity index (χ4n) is 16.5. The summed E-state index contributed by atoms with van der Waals surface area (Å²) in [5, 5.41) is 15.4. The van der Waals surface area contributed by atoms with E-state index in [0.29, 0.717) is 0 Å². The van der Waals surface area contributed by atoms with Crippen LogP contribution in [0.3, 0.4) is 0 Å². The second-order valence-corrected chi connectivity index (χ2v) is 25.9. The summed E-state index contributed by atoms with van der Waals surface area (Å²) < 4.78 is 0. The number of hydrogen-bond acceptors (Lipinski definition) is 0. The number of fused-ring (bicyclic) bond motifs is 3. The van der Waals surface area contributed by atoms with E-state index in [1.54, 1.807) is 5.56 Å². The maximum absolute atomic E-state index is 2.69. The molecule has 1 aliphatic carbocycles. The molecule has 18 heteroatoms. The van der Waals surface area contributed by atoms with Gasteiger partial charge in [0.15, 0.2) is 0 Å². The van der Waals surface area contributed by atoms with Crippen molar-refractivity contribution in [3.63, 3.8) is 0 Å². The van der Waals surface area contributed by atoms with Crippen LogP contribution in [0.4, 0.5) is 0 Å². The first-order valence-electron chi connectivity index (χ1n) is 28.4. The van der Waals surface area contributed by atoms with Crippen molar-refractivity contribution >= 4 is 271 Å². The average molecular weight is 960 g/mol. The number of rotatable bonds is 6. The third-order valence-corrected chi connectivity index (χ3v) is 20.6. The van der Waals surface area contributed by atoms with E-state index in [0.717, 1.165) is 0 Å². The first-order valence-corrected chi connectivity index (χ1v) is 28.4. The van der Waals surface area contributed by atoms with Crippen LogP contribution in [-0.2, 0) is 5.41 Å². The lowest BCUT2D eigenvalue weighted by Gasteiger charge is -2.56. The van der Waals surface area contributed by atoms with E-state index >= 15 is 0 Å². The van der Waals surface area contributed by atoms with Gasteiger partial charge < -0.3 is 0 Å². The quantitative estimate of drug-likeness (QED) is 0.115. The van der Waals surface area contributed by atoms with E-state index in [2.05, 4.69) is 263 Å². The molecule has 346 valence electrons. The highest BCUT2D eigenvalue weighted by Crippen LogP contribution is 2.63. The highest BCUT2D eigenvalue weighted by Gasteiger charge is 2.58. The van der Waals surface area contributed by atoms with Crippen LogP contribution in [0.1, 0.15) is 11.1 Å². The third kappa shape index (κ3) is 6.54. The van der Waals surface area contributed by atoms with Crippen LogP contribution < -0.4 is 65.6 Å². The van der Waals surface area contributed by atoms with E-state index in [-0.39, 0.29) is 15.6 Å². The Labute approximate surface area is 472 Å². The van der Waals surface area contributed by atoms with Gasteiger partial charge in [0.1, 0.15) is 94.2 Å². The van der Waals surface area contributed by atoms with Crippen molar-refractivity contribution in [1.29, 1.82) is 0 Å². The molecule has 0 unspecified atom stereocenters. The van der Waals surface area contributed by atoms with Crippen molar-refractivity contribution in [1.82, 2.24) is 0 Å². The summed E-state index contributed by atoms with van der Waals surface area (Å²) in [7, 11) is 44.0. The van der Waals surface area contributed by atoms with Gasteiger partial charge in [0.2, 0.25) is 0 Å². The SMILES string of the molecule is Bc1c(B)c(B)c(-c2cc(-c3c(B)c(B)c4c(c3B)C(C(B)(B)B)(C(B)(B)B)c3c(B)c(B)c(B)c(B)c3-4)c(-c3ccc4ccc5cccc6ccc3c4c56)cc2-c2ccc3ccc4cccc5ccc2c3c45)c(B)c1B. The topological polar surface area (TPSA) is 0 Å². The fourth-order valence-corrected chi connectivity index (χ4v) is 16.5. The molecule has 0 aliphatic heterocycles. The molecule has 0 spiro atoms. The predicted molar refractivity (Wildman–Crippen MR) is 397 cm³/mol. The van der Waals surface area contributed by atoms with Crippen molar-refractivity contribution in [3.8, 4) is 55.6 Å². The zero-order valence-corrected chi connectivity index (χ0v) is 49.0. The molecule has 0 radical (unpaired) electrons. The first-order chi connectivity index (χ1) is 36.5. The maximum atomic E-state index is 2.69.